The van der Waals surface area contributed by atoms with Gasteiger partial charge in [-0.1, -0.05) is 0 Å². The SMILES string of the molecule is COC(=O)c1cc(F)ccc1O.OCc1cc(F)ccc1OC(F)F. The van der Waals surface area contributed by atoms with E-state index in [2.05, 4.69) is 9.47 Å². The predicted molar refractivity (Wildman–Crippen MR) is 78.4 cm³/mol. The van der Waals surface area contributed by atoms with Crippen LogP contribution in [0.25, 0.3) is 0 Å². The predicted octanol–water partition coefficient (Wildman–Crippen LogP) is 3.24. The van der Waals surface area contributed by atoms with Crippen LogP contribution in [-0.4, -0.2) is 29.9 Å². The lowest BCUT2D eigenvalue weighted by atomic mass is 10.2. The Kier molecular flexibility index (Phi) is 7.67. The van der Waals surface area contributed by atoms with Crippen LogP contribution >= 0.6 is 0 Å². The molecule has 0 aliphatic heterocycles. The fraction of sp³-hybridized carbons (Fsp3) is 0.188. The van der Waals surface area contributed by atoms with Gasteiger partial charge in [-0.15, -0.1) is 0 Å². The molecule has 0 bridgehead atoms. The summed E-state index contributed by atoms with van der Waals surface area (Å²) in [5.74, 6) is -2.45. The molecule has 0 radical (unpaired) electrons. The minimum Gasteiger partial charge on any atom is -0.507 e. The number of rotatable bonds is 4. The topological polar surface area (TPSA) is 76.0 Å². The second kappa shape index (κ2) is 9.48. The van der Waals surface area contributed by atoms with Crippen molar-refractivity contribution >= 4 is 5.97 Å². The van der Waals surface area contributed by atoms with Gasteiger partial charge in [0.1, 0.15) is 28.7 Å². The fourth-order valence-corrected chi connectivity index (χ4v) is 1.66. The second-order valence-corrected chi connectivity index (χ2v) is 4.44. The van der Waals surface area contributed by atoms with E-state index in [1.54, 1.807) is 0 Å². The van der Waals surface area contributed by atoms with Crippen LogP contribution < -0.4 is 4.74 Å². The first-order chi connectivity index (χ1) is 11.8. The summed E-state index contributed by atoms with van der Waals surface area (Å²) in [6.45, 7) is -3.52. The van der Waals surface area contributed by atoms with Crippen LogP contribution in [0.5, 0.6) is 11.5 Å². The molecule has 25 heavy (non-hydrogen) atoms. The molecule has 2 aromatic rings. The lowest BCUT2D eigenvalue weighted by molar-refractivity contribution is -0.0510. The van der Waals surface area contributed by atoms with Gasteiger partial charge >= 0.3 is 12.6 Å². The Bertz CT molecular complexity index is 722. The molecule has 0 saturated heterocycles. The van der Waals surface area contributed by atoms with Gasteiger partial charge in [0.2, 0.25) is 0 Å². The van der Waals surface area contributed by atoms with Crippen molar-refractivity contribution in [1.29, 1.82) is 0 Å². The molecule has 2 N–H and O–H groups in total. The molecule has 0 aliphatic rings. The van der Waals surface area contributed by atoms with Crippen molar-refractivity contribution in [3.63, 3.8) is 0 Å². The molecule has 0 atom stereocenters. The highest BCUT2D eigenvalue weighted by Gasteiger charge is 2.11. The zero-order valence-corrected chi connectivity index (χ0v) is 12.9. The number of aliphatic hydroxyl groups excluding tert-OH is 1. The van der Waals surface area contributed by atoms with E-state index >= 15 is 0 Å². The Morgan fingerprint density at radius 3 is 2.28 bits per heavy atom. The van der Waals surface area contributed by atoms with Crippen molar-refractivity contribution < 1.29 is 42.0 Å². The largest absolute Gasteiger partial charge is 0.507 e. The number of alkyl halides is 2. The van der Waals surface area contributed by atoms with Crippen molar-refractivity contribution in [1.82, 2.24) is 0 Å². The van der Waals surface area contributed by atoms with Crippen molar-refractivity contribution in [3.8, 4) is 11.5 Å². The van der Waals surface area contributed by atoms with Crippen LogP contribution in [0, 0.1) is 11.6 Å². The van der Waals surface area contributed by atoms with Crippen LogP contribution in [0.1, 0.15) is 15.9 Å². The van der Waals surface area contributed by atoms with Crippen molar-refractivity contribution in [3.05, 3.63) is 59.2 Å². The number of aliphatic hydroxyl groups is 1. The average Bonchev–Trinajstić information content (AvgIpc) is 2.58. The van der Waals surface area contributed by atoms with Gasteiger partial charge in [0.25, 0.3) is 0 Å². The standard InChI is InChI=1S/C8H7F3O2.C8H7FO3/c9-6-1-2-7(13-8(10)11)5(3-6)4-12;1-12-8(11)6-4-5(9)2-3-7(6)10/h1-3,8,12H,4H2;2-4,10H,1H3. The smallest absolute Gasteiger partial charge is 0.387 e. The molecule has 5 nitrogen and oxygen atoms in total. The van der Waals surface area contributed by atoms with E-state index in [4.69, 9.17) is 10.2 Å². The van der Waals surface area contributed by atoms with Crippen LogP contribution in [0.2, 0.25) is 0 Å². The number of carbonyl (C=O) groups excluding carboxylic acids is 1. The fourth-order valence-electron chi connectivity index (χ4n) is 1.66. The maximum absolute atomic E-state index is 12.5. The summed E-state index contributed by atoms with van der Waals surface area (Å²) < 4.78 is 56.9. The van der Waals surface area contributed by atoms with E-state index in [1.165, 1.54) is 0 Å². The molecule has 2 aromatic carbocycles. The third-order valence-corrected chi connectivity index (χ3v) is 2.77. The maximum atomic E-state index is 12.5. The number of halogens is 4. The summed E-state index contributed by atoms with van der Waals surface area (Å²) in [6, 6.07) is 6.05. The van der Waals surface area contributed by atoms with Crippen molar-refractivity contribution in [2.45, 2.75) is 13.2 Å². The zero-order chi connectivity index (χ0) is 19.0. The number of aromatic hydroxyl groups is 1. The summed E-state index contributed by atoms with van der Waals surface area (Å²) in [7, 11) is 1.16. The molecule has 9 heteroatoms. The molecule has 136 valence electrons. The van der Waals surface area contributed by atoms with Crippen LogP contribution in [0.4, 0.5) is 17.6 Å². The molecule has 0 heterocycles. The van der Waals surface area contributed by atoms with E-state index in [1.807, 2.05) is 0 Å². The summed E-state index contributed by atoms with van der Waals surface area (Å²) in [5, 5.41) is 17.7. The Labute approximate surface area is 140 Å². The lowest BCUT2D eigenvalue weighted by Crippen LogP contribution is -2.04. The molecule has 2 rings (SSSR count). The Hall–Kier alpha value is -2.81. The first-order valence-electron chi connectivity index (χ1n) is 6.69. The highest BCUT2D eigenvalue weighted by molar-refractivity contribution is 5.92. The van der Waals surface area contributed by atoms with Gasteiger partial charge in [0.05, 0.1) is 13.7 Å². The van der Waals surface area contributed by atoms with Gasteiger partial charge in [-0.05, 0) is 36.4 Å². The van der Waals surface area contributed by atoms with Crippen molar-refractivity contribution in [2.75, 3.05) is 7.11 Å². The Morgan fingerprint density at radius 1 is 1.12 bits per heavy atom. The van der Waals surface area contributed by atoms with Gasteiger partial charge in [-0.25, -0.2) is 13.6 Å². The molecule has 0 fully saturated rings. The minimum absolute atomic E-state index is 0.000278. The molecule has 0 amide bonds. The number of esters is 1. The van der Waals surface area contributed by atoms with Crippen LogP contribution in [0.15, 0.2) is 36.4 Å². The summed E-state index contributed by atoms with van der Waals surface area (Å²) in [4.78, 5) is 10.8. The highest BCUT2D eigenvalue weighted by Crippen LogP contribution is 2.21. The van der Waals surface area contributed by atoms with Crippen molar-refractivity contribution in [2.24, 2.45) is 0 Å². The van der Waals surface area contributed by atoms with Gasteiger partial charge in [0, 0.05) is 5.56 Å². The third kappa shape index (κ3) is 6.30. The first kappa shape index (κ1) is 20.2. The highest BCUT2D eigenvalue weighted by atomic mass is 19.3. The summed E-state index contributed by atoms with van der Waals surface area (Å²) in [5.41, 5.74) is -0.169. The third-order valence-electron chi connectivity index (χ3n) is 2.77. The summed E-state index contributed by atoms with van der Waals surface area (Å²) >= 11 is 0. The molecule has 0 saturated carbocycles. The molecular formula is C16H14F4O5. The first-order valence-corrected chi connectivity index (χ1v) is 6.69. The molecule has 0 unspecified atom stereocenters. The number of benzene rings is 2. The molecular weight excluding hydrogens is 348 g/mol. The maximum Gasteiger partial charge on any atom is 0.387 e. The Morgan fingerprint density at radius 2 is 1.72 bits per heavy atom. The monoisotopic (exact) mass is 362 g/mol. The lowest BCUT2D eigenvalue weighted by Gasteiger charge is -2.08. The summed E-state index contributed by atoms with van der Waals surface area (Å²) in [6.07, 6.45) is 0. The molecule has 0 aliphatic carbocycles. The second-order valence-electron chi connectivity index (χ2n) is 4.44. The van der Waals surface area contributed by atoms with E-state index < -0.39 is 30.8 Å². The number of ether oxygens (including phenoxy) is 2. The van der Waals surface area contributed by atoms with Crippen LogP contribution in [-0.2, 0) is 11.3 Å². The van der Waals surface area contributed by atoms with E-state index in [-0.39, 0.29) is 22.6 Å². The quantitative estimate of drug-likeness (QED) is 0.645. The number of phenols is 1. The number of carbonyl (C=O) groups is 1. The van der Waals surface area contributed by atoms with Gasteiger partial charge in [-0.2, -0.15) is 8.78 Å². The van der Waals surface area contributed by atoms with E-state index in [0.29, 0.717) is 0 Å². The molecule has 0 aromatic heterocycles. The van der Waals surface area contributed by atoms with Gasteiger partial charge in [0.15, 0.2) is 0 Å². The minimum atomic E-state index is -2.98. The Balaban J connectivity index is 0.000000251. The number of phenolic OH excluding ortho intramolecular Hbond substituents is 1. The van der Waals surface area contributed by atoms with Crippen LogP contribution in [0.3, 0.4) is 0 Å². The molecule has 0 spiro atoms. The average molecular weight is 362 g/mol. The van der Waals surface area contributed by atoms with E-state index in [9.17, 15) is 22.4 Å². The number of methoxy groups -OCH3 is 1. The normalized spacial score (nSPS) is 10.0. The zero-order valence-electron chi connectivity index (χ0n) is 12.9. The van der Waals surface area contributed by atoms with Gasteiger partial charge in [-0.3, -0.25) is 0 Å². The van der Waals surface area contributed by atoms with Gasteiger partial charge < -0.3 is 19.7 Å². The number of hydrogen-bond acceptors (Lipinski definition) is 5. The number of hydrogen-bond donors (Lipinski definition) is 2. The van der Waals surface area contributed by atoms with E-state index in [0.717, 1.165) is 43.5 Å².